The highest BCUT2D eigenvalue weighted by atomic mass is 16.6. The van der Waals surface area contributed by atoms with Gasteiger partial charge in [0.15, 0.2) is 11.5 Å². The first-order chi connectivity index (χ1) is 18.9. The van der Waals surface area contributed by atoms with Crippen LogP contribution in [0, 0.1) is 29.1 Å². The molecule has 39 heavy (non-hydrogen) atoms. The summed E-state index contributed by atoms with van der Waals surface area (Å²) in [5.74, 6) is 2.52. The molecule has 0 aromatic rings. The molecule has 0 aromatic heterocycles. The number of esters is 1. The first-order valence-electron chi connectivity index (χ1n) is 15.2. The molecule has 0 unspecified atom stereocenters. The average molecular weight is 540 g/mol. The lowest BCUT2D eigenvalue weighted by Gasteiger charge is -2.50. The third-order valence-electron chi connectivity index (χ3n) is 10.5. The Balaban J connectivity index is 1.40. The van der Waals surface area contributed by atoms with E-state index in [-0.39, 0.29) is 52.7 Å². The van der Waals surface area contributed by atoms with Crippen molar-refractivity contribution in [1.82, 2.24) is 4.90 Å². The minimum absolute atomic E-state index is 0.0218. The van der Waals surface area contributed by atoms with Crippen LogP contribution < -0.4 is 0 Å². The molecule has 0 radical (unpaired) electrons. The van der Waals surface area contributed by atoms with Crippen molar-refractivity contribution >= 4 is 5.97 Å². The topological polar surface area (TPSA) is 88.5 Å². The number of aliphatic hydroxyl groups excluding tert-OH is 2. The van der Waals surface area contributed by atoms with E-state index in [1.54, 1.807) is 0 Å². The van der Waals surface area contributed by atoms with E-state index in [9.17, 15) is 15.0 Å². The Morgan fingerprint density at radius 3 is 2.67 bits per heavy atom. The first-order valence-corrected chi connectivity index (χ1v) is 15.2. The molecule has 7 atom stereocenters. The highest BCUT2D eigenvalue weighted by Crippen LogP contribution is 2.54. The highest BCUT2D eigenvalue weighted by molar-refractivity contribution is 5.94. The average Bonchev–Trinajstić information content (AvgIpc) is 3.38. The van der Waals surface area contributed by atoms with Gasteiger partial charge in [-0.25, -0.2) is 4.79 Å². The van der Waals surface area contributed by atoms with E-state index in [4.69, 9.17) is 14.2 Å². The van der Waals surface area contributed by atoms with Gasteiger partial charge in [0.2, 0.25) is 5.76 Å². The van der Waals surface area contributed by atoms with E-state index in [0.717, 1.165) is 57.2 Å². The molecule has 6 aliphatic rings. The third kappa shape index (κ3) is 4.68. The third-order valence-corrected chi connectivity index (χ3v) is 10.5. The Morgan fingerprint density at radius 2 is 1.95 bits per heavy atom. The number of ether oxygens (including phenoxy) is 3. The van der Waals surface area contributed by atoms with E-state index in [1.807, 2.05) is 0 Å². The lowest BCUT2D eigenvalue weighted by atomic mass is 9.72. The Labute approximate surface area is 232 Å². The minimum atomic E-state index is -0.574. The standard InChI is InChI=1S/C32H45NO6/c1-19-9-7-10-21(15-19)27(35)24-12-8-11-23-26-20(2)28(30-29(37-3)22(17-34)31(36)39-30)38-25(26)16-32(18-33(23)24)13-5-4-6-14-32/h7,10,16,19-21,23-24,26-27,34-35H,4-6,8-9,11-15,17-18H2,1-3H3/b30-28+/t19-,20+,21-,23+,24+,26-,27+/m1/s1. The predicted molar refractivity (Wildman–Crippen MR) is 147 cm³/mol. The van der Waals surface area contributed by atoms with Crippen molar-refractivity contribution < 1.29 is 29.2 Å². The van der Waals surface area contributed by atoms with Crippen LogP contribution in [0.1, 0.15) is 78.1 Å². The number of fused-ring (bicyclic) bond motifs is 3. The largest absolute Gasteiger partial charge is 0.492 e. The maximum Gasteiger partial charge on any atom is 0.345 e. The van der Waals surface area contributed by atoms with Crippen LogP contribution >= 0.6 is 0 Å². The molecule has 0 bridgehead atoms. The van der Waals surface area contributed by atoms with Gasteiger partial charge in [0, 0.05) is 41.8 Å². The summed E-state index contributed by atoms with van der Waals surface area (Å²) in [6.07, 6.45) is 17.8. The summed E-state index contributed by atoms with van der Waals surface area (Å²) < 4.78 is 17.9. The lowest BCUT2D eigenvalue weighted by molar-refractivity contribution is -0.133. The van der Waals surface area contributed by atoms with Crippen molar-refractivity contribution in [2.24, 2.45) is 29.1 Å². The fourth-order valence-corrected chi connectivity index (χ4v) is 8.58. The summed E-state index contributed by atoms with van der Waals surface area (Å²) in [5.41, 5.74) is 0.159. The summed E-state index contributed by atoms with van der Waals surface area (Å²) in [7, 11) is 1.50. The normalized spacial score (nSPS) is 39.0. The maximum absolute atomic E-state index is 12.5. The van der Waals surface area contributed by atoms with Crippen molar-refractivity contribution in [3.8, 4) is 0 Å². The van der Waals surface area contributed by atoms with Crippen LogP contribution in [0.25, 0.3) is 0 Å². The Kier molecular flexibility index (Phi) is 7.44. The maximum atomic E-state index is 12.5. The fraction of sp³-hybridized carbons (Fsp3) is 0.719. The quantitative estimate of drug-likeness (QED) is 0.385. The molecule has 0 aromatic carbocycles. The van der Waals surface area contributed by atoms with E-state index in [1.165, 1.54) is 26.4 Å². The fourth-order valence-electron chi connectivity index (χ4n) is 8.58. The molecule has 6 rings (SSSR count). The molecule has 4 aliphatic heterocycles. The highest BCUT2D eigenvalue weighted by Gasteiger charge is 2.53. The van der Waals surface area contributed by atoms with Crippen molar-refractivity contribution in [2.75, 3.05) is 20.3 Å². The van der Waals surface area contributed by atoms with Crippen LogP contribution in [0.3, 0.4) is 0 Å². The Hall–Kier alpha value is -2.09. The molecule has 7 nitrogen and oxygen atoms in total. The first kappa shape index (κ1) is 27.1. The lowest BCUT2D eigenvalue weighted by Crippen LogP contribution is -2.58. The number of carbonyl (C=O) groups excluding carboxylic acids is 1. The van der Waals surface area contributed by atoms with Gasteiger partial charge in [-0.2, -0.15) is 0 Å². The van der Waals surface area contributed by atoms with Gasteiger partial charge >= 0.3 is 5.97 Å². The van der Waals surface area contributed by atoms with Crippen LogP contribution in [-0.2, 0) is 19.0 Å². The summed E-state index contributed by atoms with van der Waals surface area (Å²) in [4.78, 5) is 15.2. The molecule has 214 valence electrons. The van der Waals surface area contributed by atoms with Crippen molar-refractivity contribution in [1.29, 1.82) is 0 Å². The number of carbonyl (C=O) groups is 1. The van der Waals surface area contributed by atoms with Crippen molar-refractivity contribution in [2.45, 2.75) is 96.2 Å². The van der Waals surface area contributed by atoms with Gasteiger partial charge < -0.3 is 24.4 Å². The van der Waals surface area contributed by atoms with E-state index in [0.29, 0.717) is 17.4 Å². The number of methoxy groups -OCH3 is 1. The molecular formula is C32H45NO6. The number of allylic oxidation sites excluding steroid dienone is 2. The molecule has 7 heteroatoms. The second kappa shape index (κ2) is 10.7. The summed E-state index contributed by atoms with van der Waals surface area (Å²) in [5, 5.41) is 21.6. The van der Waals surface area contributed by atoms with E-state index >= 15 is 0 Å². The minimum Gasteiger partial charge on any atom is -0.492 e. The number of rotatable bonds is 4. The van der Waals surface area contributed by atoms with Crippen LogP contribution in [0.2, 0.25) is 0 Å². The number of hydrogen-bond donors (Lipinski definition) is 2. The van der Waals surface area contributed by atoms with Gasteiger partial charge in [0.25, 0.3) is 0 Å². The Bertz CT molecular complexity index is 1100. The van der Waals surface area contributed by atoms with Gasteiger partial charge in [-0.3, -0.25) is 4.90 Å². The number of nitrogens with zero attached hydrogens (tertiary/aromatic N) is 1. The molecule has 1 spiro atoms. The van der Waals surface area contributed by atoms with Crippen molar-refractivity contribution in [3.63, 3.8) is 0 Å². The second-order valence-corrected chi connectivity index (χ2v) is 13.0. The van der Waals surface area contributed by atoms with Gasteiger partial charge in [0.05, 0.1) is 19.8 Å². The molecule has 2 N–H and O–H groups in total. The van der Waals surface area contributed by atoms with Crippen LogP contribution in [0.4, 0.5) is 0 Å². The molecular weight excluding hydrogens is 494 g/mol. The van der Waals surface area contributed by atoms with Gasteiger partial charge in [-0.1, -0.05) is 51.7 Å². The molecule has 3 fully saturated rings. The van der Waals surface area contributed by atoms with Crippen LogP contribution in [0.5, 0.6) is 0 Å². The monoisotopic (exact) mass is 539 g/mol. The molecule has 0 amide bonds. The molecule has 1 saturated carbocycles. The van der Waals surface area contributed by atoms with Crippen molar-refractivity contribution in [3.05, 3.63) is 46.8 Å². The molecule has 2 saturated heterocycles. The number of cyclic esters (lactones) is 1. The summed E-state index contributed by atoms with van der Waals surface area (Å²) in [6, 6.07) is 0.368. The number of hydrogen-bond acceptors (Lipinski definition) is 7. The van der Waals surface area contributed by atoms with Crippen LogP contribution in [-0.4, -0.2) is 59.5 Å². The van der Waals surface area contributed by atoms with Gasteiger partial charge in [-0.05, 0) is 50.5 Å². The summed E-state index contributed by atoms with van der Waals surface area (Å²) in [6.45, 7) is 4.99. The SMILES string of the molecule is COC1=C(CO)C(=O)O/C1=C1/OC2=CC3(CCCCC3)CN3[C@H]([C@@H](O)[C@@H]4C=CC[C@@H](C)C4)CCC[C@H]3[C@H]2[C@@H]1C. The Morgan fingerprint density at radius 1 is 1.15 bits per heavy atom. The molecule has 2 aliphatic carbocycles. The zero-order chi connectivity index (χ0) is 27.3. The summed E-state index contributed by atoms with van der Waals surface area (Å²) >= 11 is 0. The smallest absolute Gasteiger partial charge is 0.345 e. The van der Waals surface area contributed by atoms with Gasteiger partial charge in [0.1, 0.15) is 11.3 Å². The van der Waals surface area contributed by atoms with E-state index < -0.39 is 12.6 Å². The van der Waals surface area contributed by atoms with E-state index in [2.05, 4.69) is 37.0 Å². The zero-order valence-electron chi connectivity index (χ0n) is 23.7. The zero-order valence-corrected chi connectivity index (χ0v) is 23.7. The predicted octanol–water partition coefficient (Wildman–Crippen LogP) is 4.96. The second-order valence-electron chi connectivity index (χ2n) is 13.0. The van der Waals surface area contributed by atoms with Crippen LogP contribution in [0.15, 0.2) is 46.8 Å². The number of aliphatic hydroxyl groups is 2. The number of piperidine rings is 1. The molecule has 4 heterocycles. The van der Waals surface area contributed by atoms with Gasteiger partial charge in [-0.15, -0.1) is 0 Å².